The van der Waals surface area contributed by atoms with Crippen molar-refractivity contribution in [2.45, 2.75) is 43.4 Å². The van der Waals surface area contributed by atoms with Gasteiger partial charge in [0.1, 0.15) is 5.60 Å². The second-order valence-electron chi connectivity index (χ2n) is 6.63. The van der Waals surface area contributed by atoms with E-state index in [4.69, 9.17) is 14.3 Å². The van der Waals surface area contributed by atoms with E-state index in [2.05, 4.69) is 10.3 Å². The molecule has 3 N–H and O–H groups in total. The maximum Gasteiger partial charge on any atom is 0.490 e. The number of aliphatic carboxylic acids is 1. The summed E-state index contributed by atoms with van der Waals surface area (Å²) in [4.78, 5) is 13.2. The normalized spacial score (nSPS) is 24.2. The van der Waals surface area contributed by atoms with E-state index in [1.165, 1.54) is 12.8 Å². The Hall–Kier alpha value is -1.61. The summed E-state index contributed by atoms with van der Waals surface area (Å²) >= 11 is 0. The van der Waals surface area contributed by atoms with E-state index in [0.29, 0.717) is 17.1 Å². The highest BCUT2D eigenvalue weighted by Crippen LogP contribution is 2.56. The van der Waals surface area contributed by atoms with E-state index in [9.17, 15) is 18.3 Å². The summed E-state index contributed by atoms with van der Waals surface area (Å²) in [6.07, 6.45) is 0.670. The van der Waals surface area contributed by atoms with E-state index < -0.39 is 17.7 Å². The molecule has 0 bridgehead atoms. The second kappa shape index (κ2) is 5.20. The summed E-state index contributed by atoms with van der Waals surface area (Å²) in [5, 5.41) is 20.8. The molecular weight excluding hydrogens is 317 g/mol. The minimum atomic E-state index is -5.08. The molecule has 9 heteroatoms. The van der Waals surface area contributed by atoms with Crippen LogP contribution in [0.2, 0.25) is 0 Å². The average Bonchev–Trinajstić information content (AvgIpc) is 3.10. The maximum absolute atomic E-state index is 10.6. The Morgan fingerprint density at radius 1 is 1.35 bits per heavy atom. The standard InChI is InChI=1S/C12H16N2O2.C2HF3O2/c15-12(4-11(5-12)6-13-7-11)9-3-14-10(16-9)8-1-2-8;3-2(4,5)1(6)7/h3,8,13,15H,1-2,4-7H2;(H,6,7). The minimum absolute atomic E-state index is 0.348. The topological polar surface area (TPSA) is 95.6 Å². The van der Waals surface area contributed by atoms with Crippen LogP contribution < -0.4 is 5.32 Å². The van der Waals surface area contributed by atoms with Crippen LogP contribution >= 0.6 is 0 Å². The molecule has 128 valence electrons. The molecule has 3 fully saturated rings. The predicted octanol–water partition coefficient (Wildman–Crippen LogP) is 1.76. The minimum Gasteiger partial charge on any atom is -0.475 e. The van der Waals surface area contributed by atoms with E-state index in [1.54, 1.807) is 6.20 Å². The van der Waals surface area contributed by atoms with Crippen LogP contribution in [0.25, 0.3) is 0 Å². The van der Waals surface area contributed by atoms with Gasteiger partial charge in [-0.25, -0.2) is 9.78 Å². The van der Waals surface area contributed by atoms with E-state index in [-0.39, 0.29) is 0 Å². The first-order chi connectivity index (χ1) is 10.6. The first kappa shape index (κ1) is 16.3. The average molecular weight is 334 g/mol. The summed E-state index contributed by atoms with van der Waals surface area (Å²) in [6.45, 7) is 2.08. The molecule has 1 aromatic rings. The van der Waals surface area contributed by atoms with Gasteiger partial charge in [-0.3, -0.25) is 0 Å². The number of rotatable bonds is 2. The Kier molecular flexibility index (Phi) is 3.68. The smallest absolute Gasteiger partial charge is 0.475 e. The van der Waals surface area contributed by atoms with Crippen molar-refractivity contribution in [3.05, 3.63) is 17.8 Å². The molecule has 0 aromatic carbocycles. The number of nitrogens with zero attached hydrogens (tertiary/aromatic N) is 1. The van der Waals surface area contributed by atoms with Gasteiger partial charge in [0.2, 0.25) is 0 Å². The van der Waals surface area contributed by atoms with Gasteiger partial charge in [0.05, 0.1) is 6.20 Å². The molecule has 2 aliphatic carbocycles. The number of alkyl halides is 3. The van der Waals surface area contributed by atoms with Crippen molar-refractivity contribution in [3.8, 4) is 0 Å². The lowest BCUT2D eigenvalue weighted by atomic mass is 9.55. The zero-order valence-corrected chi connectivity index (χ0v) is 12.2. The fraction of sp³-hybridized carbons (Fsp3) is 0.714. The van der Waals surface area contributed by atoms with E-state index >= 15 is 0 Å². The third-order valence-corrected chi connectivity index (χ3v) is 4.49. The monoisotopic (exact) mass is 334 g/mol. The Labute approximate surface area is 129 Å². The van der Waals surface area contributed by atoms with Crippen LogP contribution in [-0.2, 0) is 10.4 Å². The Balaban J connectivity index is 0.000000193. The molecule has 2 saturated carbocycles. The number of carboxylic acids is 1. The number of hydrogen-bond donors (Lipinski definition) is 3. The van der Waals surface area contributed by atoms with Crippen molar-refractivity contribution in [1.82, 2.24) is 10.3 Å². The lowest BCUT2D eigenvalue weighted by Gasteiger charge is -2.57. The van der Waals surface area contributed by atoms with Crippen molar-refractivity contribution in [3.63, 3.8) is 0 Å². The Bertz CT molecular complexity index is 597. The van der Waals surface area contributed by atoms with Crippen LogP contribution in [0.3, 0.4) is 0 Å². The van der Waals surface area contributed by atoms with Crippen molar-refractivity contribution in [2.75, 3.05) is 13.1 Å². The molecule has 0 atom stereocenters. The van der Waals surface area contributed by atoms with E-state index in [1.807, 2.05) is 0 Å². The number of nitrogens with one attached hydrogen (secondary N) is 1. The highest BCUT2D eigenvalue weighted by molar-refractivity contribution is 5.73. The first-order valence-electron chi connectivity index (χ1n) is 7.33. The number of halogens is 3. The van der Waals surface area contributed by atoms with Crippen LogP contribution in [0.1, 0.15) is 43.3 Å². The first-order valence-corrected chi connectivity index (χ1v) is 7.33. The van der Waals surface area contributed by atoms with Gasteiger partial charge < -0.3 is 19.9 Å². The highest BCUT2D eigenvalue weighted by atomic mass is 19.4. The molecule has 1 aromatic heterocycles. The van der Waals surface area contributed by atoms with Crippen molar-refractivity contribution in [2.24, 2.45) is 5.41 Å². The summed E-state index contributed by atoms with van der Waals surface area (Å²) in [7, 11) is 0. The highest BCUT2D eigenvalue weighted by Gasteiger charge is 2.59. The molecule has 0 unspecified atom stereocenters. The molecular formula is C14H17F3N2O4. The molecule has 23 heavy (non-hydrogen) atoms. The van der Waals surface area contributed by atoms with Crippen LogP contribution in [-0.4, -0.2) is 40.4 Å². The maximum atomic E-state index is 10.6. The third kappa shape index (κ3) is 3.20. The number of oxazole rings is 1. The van der Waals surface area contributed by atoms with Gasteiger partial charge in [-0.05, 0) is 25.7 Å². The largest absolute Gasteiger partial charge is 0.490 e. The molecule has 2 heterocycles. The van der Waals surface area contributed by atoms with Crippen LogP contribution in [0, 0.1) is 5.41 Å². The van der Waals surface area contributed by atoms with Gasteiger partial charge in [-0.1, -0.05) is 0 Å². The second-order valence-corrected chi connectivity index (χ2v) is 6.63. The van der Waals surface area contributed by atoms with Crippen LogP contribution in [0.5, 0.6) is 0 Å². The van der Waals surface area contributed by atoms with Crippen molar-refractivity contribution in [1.29, 1.82) is 0 Å². The molecule has 1 saturated heterocycles. The van der Waals surface area contributed by atoms with Gasteiger partial charge in [-0.2, -0.15) is 13.2 Å². The predicted molar refractivity (Wildman–Crippen MR) is 70.6 cm³/mol. The molecule has 1 spiro atoms. The lowest BCUT2D eigenvalue weighted by Crippen LogP contribution is -2.65. The SMILES string of the molecule is O=C(O)C(F)(F)F.OC1(c2cnc(C3CC3)o2)CC2(CNC2)C1. The lowest BCUT2D eigenvalue weighted by molar-refractivity contribution is -0.192. The summed E-state index contributed by atoms with van der Waals surface area (Å²) in [5.41, 5.74) is -0.385. The van der Waals surface area contributed by atoms with Gasteiger partial charge in [0.25, 0.3) is 0 Å². The molecule has 6 nitrogen and oxygen atoms in total. The number of aliphatic hydroxyl groups is 1. The number of hydrogen-bond acceptors (Lipinski definition) is 5. The molecule has 3 aliphatic rings. The summed E-state index contributed by atoms with van der Waals surface area (Å²) in [5.74, 6) is -0.715. The van der Waals surface area contributed by atoms with Crippen molar-refractivity contribution >= 4 is 5.97 Å². The van der Waals surface area contributed by atoms with E-state index in [0.717, 1.165) is 31.8 Å². The zero-order chi connectivity index (χ0) is 16.9. The zero-order valence-electron chi connectivity index (χ0n) is 12.2. The van der Waals surface area contributed by atoms with Gasteiger partial charge in [0, 0.05) is 24.4 Å². The van der Waals surface area contributed by atoms with Crippen molar-refractivity contribution < 1.29 is 32.6 Å². The molecule has 4 rings (SSSR count). The summed E-state index contributed by atoms with van der Waals surface area (Å²) in [6, 6.07) is 0. The number of aromatic nitrogens is 1. The van der Waals surface area contributed by atoms with Gasteiger partial charge in [0.15, 0.2) is 11.7 Å². The quantitative estimate of drug-likeness (QED) is 0.763. The summed E-state index contributed by atoms with van der Waals surface area (Å²) < 4.78 is 37.4. The Morgan fingerprint density at radius 3 is 2.30 bits per heavy atom. The van der Waals surface area contributed by atoms with Crippen LogP contribution in [0.15, 0.2) is 10.6 Å². The fourth-order valence-electron chi connectivity index (χ4n) is 3.11. The van der Waals surface area contributed by atoms with Gasteiger partial charge in [-0.15, -0.1) is 0 Å². The van der Waals surface area contributed by atoms with Crippen LogP contribution in [0.4, 0.5) is 13.2 Å². The Morgan fingerprint density at radius 2 is 1.91 bits per heavy atom. The number of carbonyl (C=O) groups is 1. The third-order valence-electron chi connectivity index (χ3n) is 4.49. The number of carboxylic acid groups (broad SMARTS) is 1. The molecule has 0 amide bonds. The fourth-order valence-corrected chi connectivity index (χ4v) is 3.11. The van der Waals surface area contributed by atoms with Gasteiger partial charge >= 0.3 is 12.1 Å². The molecule has 1 aliphatic heterocycles. The molecule has 0 radical (unpaired) electrons.